The fourth-order valence-electron chi connectivity index (χ4n) is 1.48. The molecular formula is C11H17N3O3S. The van der Waals surface area contributed by atoms with Gasteiger partial charge < -0.3 is 16.2 Å². The minimum Gasteiger partial charge on any atom is -0.480 e. The molecule has 0 aromatic carbocycles. The number of aliphatic carboxylic acids is 1. The molecule has 0 unspecified atom stereocenters. The first-order chi connectivity index (χ1) is 8.52. The summed E-state index contributed by atoms with van der Waals surface area (Å²) in [6.07, 6.45) is 2.16. The topological polar surface area (TPSA) is 105 Å². The smallest absolute Gasteiger partial charge is 0.326 e. The maximum absolute atomic E-state index is 11.6. The van der Waals surface area contributed by atoms with Gasteiger partial charge in [0.05, 0.1) is 12.1 Å². The van der Waals surface area contributed by atoms with Gasteiger partial charge in [-0.05, 0) is 6.42 Å². The Hall–Kier alpha value is -1.63. The molecule has 0 fully saturated rings. The van der Waals surface area contributed by atoms with Gasteiger partial charge >= 0.3 is 5.97 Å². The van der Waals surface area contributed by atoms with Gasteiger partial charge in [0, 0.05) is 5.38 Å². The highest BCUT2D eigenvalue weighted by Gasteiger charge is 2.19. The van der Waals surface area contributed by atoms with Crippen molar-refractivity contribution in [2.75, 3.05) is 5.73 Å². The number of carboxylic acids is 1. The van der Waals surface area contributed by atoms with Crippen molar-refractivity contribution in [3.63, 3.8) is 0 Å². The second-order valence-electron chi connectivity index (χ2n) is 3.95. The molecule has 0 radical (unpaired) electrons. The van der Waals surface area contributed by atoms with E-state index in [-0.39, 0.29) is 12.3 Å². The van der Waals surface area contributed by atoms with E-state index >= 15 is 0 Å². The lowest BCUT2D eigenvalue weighted by Gasteiger charge is -2.13. The molecule has 1 amide bonds. The molecule has 1 rings (SSSR count). The standard InChI is InChI=1S/C11H17N3O3S/c1-2-3-4-8(10(16)17)14-9(15)5-7-6-18-11(12)13-7/h6,8H,2-5H2,1H3,(H2,12,13)(H,14,15)(H,16,17)/t8-/m0/s1. The normalized spacial score (nSPS) is 12.1. The van der Waals surface area contributed by atoms with Crippen LogP contribution in [0, 0.1) is 0 Å². The molecule has 100 valence electrons. The molecule has 0 saturated carbocycles. The van der Waals surface area contributed by atoms with E-state index in [1.54, 1.807) is 5.38 Å². The van der Waals surface area contributed by atoms with Crippen molar-refractivity contribution in [1.29, 1.82) is 0 Å². The van der Waals surface area contributed by atoms with Gasteiger partial charge in [-0.1, -0.05) is 19.8 Å². The Balaban J connectivity index is 2.48. The molecule has 1 aromatic heterocycles. The van der Waals surface area contributed by atoms with Gasteiger partial charge in [-0.3, -0.25) is 4.79 Å². The number of carbonyl (C=O) groups is 2. The molecule has 0 spiro atoms. The quantitative estimate of drug-likeness (QED) is 0.687. The minimum atomic E-state index is -1.01. The number of carboxylic acid groups (broad SMARTS) is 1. The first-order valence-electron chi connectivity index (χ1n) is 5.75. The summed E-state index contributed by atoms with van der Waals surface area (Å²) >= 11 is 1.26. The Bertz CT molecular complexity index is 419. The number of aromatic nitrogens is 1. The molecule has 4 N–H and O–H groups in total. The fourth-order valence-corrected chi connectivity index (χ4v) is 2.04. The lowest BCUT2D eigenvalue weighted by molar-refractivity contribution is -0.142. The third-order valence-electron chi connectivity index (χ3n) is 2.39. The second-order valence-corrected chi connectivity index (χ2v) is 4.84. The fraction of sp³-hybridized carbons (Fsp3) is 0.545. The number of rotatable bonds is 7. The first kappa shape index (κ1) is 14.4. The van der Waals surface area contributed by atoms with Crippen molar-refractivity contribution >= 4 is 28.3 Å². The number of unbranched alkanes of at least 4 members (excludes halogenated alkanes) is 1. The molecule has 0 saturated heterocycles. The van der Waals surface area contributed by atoms with Gasteiger partial charge in [0.25, 0.3) is 0 Å². The van der Waals surface area contributed by atoms with E-state index in [1.165, 1.54) is 11.3 Å². The van der Waals surface area contributed by atoms with Crippen LogP contribution in [0.4, 0.5) is 5.13 Å². The van der Waals surface area contributed by atoms with Crippen LogP contribution in [-0.4, -0.2) is 28.0 Å². The van der Waals surface area contributed by atoms with E-state index in [0.29, 0.717) is 17.2 Å². The van der Waals surface area contributed by atoms with Crippen LogP contribution in [0.2, 0.25) is 0 Å². The zero-order valence-electron chi connectivity index (χ0n) is 10.2. The molecule has 0 bridgehead atoms. The van der Waals surface area contributed by atoms with Crippen molar-refractivity contribution in [1.82, 2.24) is 10.3 Å². The highest BCUT2D eigenvalue weighted by atomic mass is 32.1. The number of hydrogen-bond donors (Lipinski definition) is 3. The number of carbonyl (C=O) groups excluding carboxylic acids is 1. The van der Waals surface area contributed by atoms with Crippen LogP contribution in [0.15, 0.2) is 5.38 Å². The van der Waals surface area contributed by atoms with E-state index in [2.05, 4.69) is 10.3 Å². The predicted octanol–water partition coefficient (Wildman–Crippen LogP) is 1.03. The number of nitrogens with two attached hydrogens (primary N) is 1. The van der Waals surface area contributed by atoms with Crippen LogP contribution in [0.1, 0.15) is 31.9 Å². The number of nitrogens with one attached hydrogen (secondary N) is 1. The lowest BCUT2D eigenvalue weighted by Crippen LogP contribution is -2.41. The molecule has 0 aliphatic rings. The summed E-state index contributed by atoms with van der Waals surface area (Å²) < 4.78 is 0. The summed E-state index contributed by atoms with van der Waals surface area (Å²) in [6, 6.07) is -0.826. The van der Waals surface area contributed by atoms with Crippen LogP contribution in [0.3, 0.4) is 0 Å². The Labute approximate surface area is 109 Å². The number of amides is 1. The summed E-state index contributed by atoms with van der Waals surface area (Å²) in [5.74, 6) is -1.35. The molecule has 6 nitrogen and oxygen atoms in total. The van der Waals surface area contributed by atoms with Gasteiger partial charge in [-0.25, -0.2) is 9.78 Å². The van der Waals surface area contributed by atoms with Crippen molar-refractivity contribution in [3.8, 4) is 0 Å². The van der Waals surface area contributed by atoms with E-state index in [1.807, 2.05) is 6.92 Å². The summed E-state index contributed by atoms with van der Waals surface area (Å²) in [6.45, 7) is 1.97. The molecule has 0 aliphatic carbocycles. The predicted molar refractivity (Wildman–Crippen MR) is 69.3 cm³/mol. The van der Waals surface area contributed by atoms with Gasteiger partial charge in [0.2, 0.25) is 5.91 Å². The highest BCUT2D eigenvalue weighted by molar-refractivity contribution is 7.13. The molecule has 1 atom stereocenters. The van der Waals surface area contributed by atoms with Crippen molar-refractivity contribution in [3.05, 3.63) is 11.1 Å². The molecule has 0 aliphatic heterocycles. The second kappa shape index (κ2) is 6.95. The maximum Gasteiger partial charge on any atom is 0.326 e. The average molecular weight is 271 g/mol. The van der Waals surface area contributed by atoms with Crippen LogP contribution < -0.4 is 11.1 Å². The van der Waals surface area contributed by atoms with Crippen molar-refractivity contribution in [2.24, 2.45) is 0 Å². The van der Waals surface area contributed by atoms with Crippen molar-refractivity contribution in [2.45, 2.75) is 38.6 Å². The zero-order chi connectivity index (χ0) is 13.5. The average Bonchev–Trinajstić information content (AvgIpc) is 2.69. The zero-order valence-corrected chi connectivity index (χ0v) is 11.0. The van der Waals surface area contributed by atoms with E-state index in [9.17, 15) is 9.59 Å². The Kier molecular flexibility index (Phi) is 5.57. The van der Waals surface area contributed by atoms with E-state index in [4.69, 9.17) is 10.8 Å². The highest BCUT2D eigenvalue weighted by Crippen LogP contribution is 2.11. The van der Waals surface area contributed by atoms with Crippen LogP contribution in [0.5, 0.6) is 0 Å². The number of nitrogen functional groups attached to an aromatic ring is 1. The third kappa shape index (κ3) is 4.70. The Morgan fingerprint density at radius 3 is 2.83 bits per heavy atom. The van der Waals surface area contributed by atoms with Crippen LogP contribution in [0.25, 0.3) is 0 Å². The summed E-state index contributed by atoms with van der Waals surface area (Å²) in [5.41, 5.74) is 6.02. The Morgan fingerprint density at radius 1 is 1.61 bits per heavy atom. The van der Waals surface area contributed by atoms with Crippen LogP contribution >= 0.6 is 11.3 Å². The van der Waals surface area contributed by atoms with E-state index in [0.717, 1.165) is 12.8 Å². The summed E-state index contributed by atoms with van der Waals surface area (Å²) in [4.78, 5) is 26.6. The van der Waals surface area contributed by atoms with Gasteiger partial charge in [0.1, 0.15) is 6.04 Å². The number of nitrogens with zero attached hydrogens (tertiary/aromatic N) is 1. The summed E-state index contributed by atoms with van der Waals surface area (Å²) in [5, 5.41) is 13.6. The first-order valence-corrected chi connectivity index (χ1v) is 6.63. The molecule has 1 heterocycles. The molecular weight excluding hydrogens is 254 g/mol. The number of anilines is 1. The van der Waals surface area contributed by atoms with Gasteiger partial charge in [0.15, 0.2) is 5.13 Å². The largest absolute Gasteiger partial charge is 0.480 e. The monoisotopic (exact) mass is 271 g/mol. The van der Waals surface area contributed by atoms with Crippen LogP contribution in [-0.2, 0) is 16.0 Å². The molecule has 18 heavy (non-hydrogen) atoms. The van der Waals surface area contributed by atoms with Crippen molar-refractivity contribution < 1.29 is 14.7 Å². The maximum atomic E-state index is 11.6. The Morgan fingerprint density at radius 2 is 2.33 bits per heavy atom. The number of thiazole rings is 1. The molecule has 1 aromatic rings. The third-order valence-corrected chi connectivity index (χ3v) is 3.11. The molecule has 7 heteroatoms. The summed E-state index contributed by atoms with van der Waals surface area (Å²) in [7, 11) is 0. The SMILES string of the molecule is CCCC[C@H](NC(=O)Cc1csc(N)n1)C(=O)O. The number of hydrogen-bond acceptors (Lipinski definition) is 5. The lowest BCUT2D eigenvalue weighted by atomic mass is 10.1. The van der Waals surface area contributed by atoms with Gasteiger partial charge in [-0.2, -0.15) is 0 Å². The van der Waals surface area contributed by atoms with Gasteiger partial charge in [-0.15, -0.1) is 11.3 Å². The minimum absolute atomic E-state index is 0.0591. The van der Waals surface area contributed by atoms with E-state index < -0.39 is 12.0 Å².